The van der Waals surface area contributed by atoms with Gasteiger partial charge in [-0.05, 0) is 33.9 Å². The lowest BCUT2D eigenvalue weighted by atomic mass is 9.98. The molecule has 1 aliphatic rings. The molecule has 4 rings (SSSR count). The predicted octanol–water partition coefficient (Wildman–Crippen LogP) is 4.58. The number of halogens is 1. The fraction of sp³-hybridized carbons (Fsp3) is 0.167. The zero-order valence-electron chi connectivity index (χ0n) is 16.4. The maximum Gasteiger partial charge on any atom is 0.407 e. The first-order chi connectivity index (χ1) is 15.0. The fourth-order valence-corrected chi connectivity index (χ4v) is 4.13. The van der Waals surface area contributed by atoms with Gasteiger partial charge in [-0.1, -0.05) is 72.3 Å². The highest BCUT2D eigenvalue weighted by atomic mass is 35.5. The summed E-state index contributed by atoms with van der Waals surface area (Å²) in [6.45, 7) is 0.0824. The summed E-state index contributed by atoms with van der Waals surface area (Å²) >= 11 is 6.03. The molecule has 6 nitrogen and oxygen atoms in total. The van der Waals surface area contributed by atoms with Crippen molar-refractivity contribution in [2.24, 2.45) is 0 Å². The number of rotatable bonds is 6. The maximum atomic E-state index is 12.4. The molecule has 3 aromatic carbocycles. The molecule has 0 spiro atoms. The van der Waals surface area contributed by atoms with Crippen LogP contribution >= 0.6 is 11.6 Å². The van der Waals surface area contributed by atoms with Crippen LogP contribution in [0.15, 0.2) is 66.7 Å². The van der Waals surface area contributed by atoms with E-state index in [2.05, 4.69) is 5.32 Å². The summed E-state index contributed by atoms with van der Waals surface area (Å²) in [5, 5.41) is 21.7. The second-order valence-electron chi connectivity index (χ2n) is 7.32. The molecule has 1 amide bonds. The van der Waals surface area contributed by atoms with Crippen LogP contribution in [-0.2, 0) is 16.0 Å². The summed E-state index contributed by atoms with van der Waals surface area (Å²) in [4.78, 5) is 24.0. The Kier molecular flexibility index (Phi) is 5.82. The predicted molar refractivity (Wildman–Crippen MR) is 116 cm³/mol. The molecule has 7 heteroatoms. The highest BCUT2D eigenvalue weighted by molar-refractivity contribution is 6.32. The van der Waals surface area contributed by atoms with Gasteiger partial charge in [-0.2, -0.15) is 0 Å². The molecule has 0 saturated heterocycles. The number of benzene rings is 3. The second kappa shape index (κ2) is 8.70. The number of phenolic OH excluding ortho intramolecular Hbond substituents is 1. The Labute approximate surface area is 184 Å². The van der Waals surface area contributed by atoms with E-state index >= 15 is 0 Å². The average Bonchev–Trinajstić information content (AvgIpc) is 3.08. The molecule has 1 unspecified atom stereocenters. The number of carboxylic acid groups (broad SMARTS) is 1. The first-order valence-electron chi connectivity index (χ1n) is 9.76. The van der Waals surface area contributed by atoms with Gasteiger partial charge in [0.25, 0.3) is 0 Å². The SMILES string of the molecule is O=C(NC(Cc1cccc(O)c1Cl)C(=O)O)OCC1c2ccccc2-c2ccccc21. The van der Waals surface area contributed by atoms with Crippen LogP contribution in [0.2, 0.25) is 5.02 Å². The smallest absolute Gasteiger partial charge is 0.407 e. The lowest BCUT2D eigenvalue weighted by molar-refractivity contribution is -0.139. The van der Waals surface area contributed by atoms with E-state index in [9.17, 15) is 19.8 Å². The topological polar surface area (TPSA) is 95.9 Å². The Hall–Kier alpha value is -3.51. The molecule has 0 bridgehead atoms. The standard InChI is InChI=1S/C24H20ClNO5/c25-22-14(6-5-11-21(22)27)12-20(23(28)29)26-24(30)31-13-19-17-9-3-1-7-15(17)16-8-2-4-10-18(16)19/h1-11,19-20,27H,12-13H2,(H,26,30)(H,28,29). The maximum absolute atomic E-state index is 12.4. The van der Waals surface area contributed by atoms with Crippen molar-refractivity contribution >= 4 is 23.7 Å². The zero-order chi connectivity index (χ0) is 22.0. The number of alkyl carbamates (subject to hydrolysis) is 1. The van der Waals surface area contributed by atoms with Crippen LogP contribution < -0.4 is 5.32 Å². The summed E-state index contributed by atoms with van der Waals surface area (Å²) in [6, 6.07) is 19.2. The van der Waals surface area contributed by atoms with Gasteiger partial charge < -0.3 is 20.3 Å². The van der Waals surface area contributed by atoms with Crippen LogP contribution in [0.4, 0.5) is 4.79 Å². The number of carbonyl (C=O) groups is 2. The highest BCUT2D eigenvalue weighted by Crippen LogP contribution is 2.44. The Balaban J connectivity index is 1.45. The molecule has 0 heterocycles. The first kappa shape index (κ1) is 20.8. The van der Waals surface area contributed by atoms with Crippen LogP contribution in [-0.4, -0.2) is 34.9 Å². The van der Waals surface area contributed by atoms with E-state index in [0.29, 0.717) is 5.56 Å². The van der Waals surface area contributed by atoms with E-state index in [4.69, 9.17) is 16.3 Å². The number of carboxylic acids is 1. The molecule has 3 N–H and O–H groups in total. The summed E-state index contributed by atoms with van der Waals surface area (Å²) < 4.78 is 5.42. The van der Waals surface area contributed by atoms with Crippen LogP contribution in [0.3, 0.4) is 0 Å². The number of hydrogen-bond acceptors (Lipinski definition) is 4. The number of aromatic hydroxyl groups is 1. The molecule has 0 fully saturated rings. The zero-order valence-corrected chi connectivity index (χ0v) is 17.2. The first-order valence-corrected chi connectivity index (χ1v) is 10.1. The van der Waals surface area contributed by atoms with Crippen molar-refractivity contribution in [1.29, 1.82) is 0 Å². The molecular formula is C24H20ClNO5. The number of carbonyl (C=O) groups excluding carboxylic acids is 1. The minimum absolute atomic E-state index is 0.0584. The Morgan fingerprint density at radius 2 is 1.58 bits per heavy atom. The minimum Gasteiger partial charge on any atom is -0.506 e. The molecule has 31 heavy (non-hydrogen) atoms. The van der Waals surface area contributed by atoms with Crippen LogP contribution in [0.1, 0.15) is 22.6 Å². The third-order valence-corrected chi connectivity index (χ3v) is 5.85. The second-order valence-corrected chi connectivity index (χ2v) is 7.69. The third kappa shape index (κ3) is 4.20. The van der Waals surface area contributed by atoms with Gasteiger partial charge in [0.15, 0.2) is 0 Å². The molecule has 0 saturated carbocycles. The number of fused-ring (bicyclic) bond motifs is 3. The molecule has 1 atom stereocenters. The number of hydrogen-bond donors (Lipinski definition) is 3. The summed E-state index contributed by atoms with van der Waals surface area (Å²) in [7, 11) is 0. The van der Waals surface area contributed by atoms with Gasteiger partial charge in [-0.25, -0.2) is 9.59 Å². The minimum atomic E-state index is -1.25. The van der Waals surface area contributed by atoms with E-state index in [0.717, 1.165) is 22.3 Å². The van der Waals surface area contributed by atoms with E-state index in [1.54, 1.807) is 12.1 Å². The van der Waals surface area contributed by atoms with E-state index in [1.165, 1.54) is 6.07 Å². The molecule has 0 aromatic heterocycles. The molecule has 0 aliphatic heterocycles. The summed E-state index contributed by atoms with van der Waals surface area (Å²) in [6.07, 6.45) is -0.919. The van der Waals surface area contributed by atoms with E-state index in [1.807, 2.05) is 48.5 Å². The van der Waals surface area contributed by atoms with Crippen molar-refractivity contribution in [2.45, 2.75) is 18.4 Å². The largest absolute Gasteiger partial charge is 0.506 e. The van der Waals surface area contributed by atoms with Crippen LogP contribution in [0.25, 0.3) is 11.1 Å². The Morgan fingerprint density at radius 1 is 0.968 bits per heavy atom. The van der Waals surface area contributed by atoms with Crippen molar-refractivity contribution < 1.29 is 24.5 Å². The Morgan fingerprint density at radius 3 is 2.19 bits per heavy atom. The van der Waals surface area contributed by atoms with Crippen molar-refractivity contribution in [1.82, 2.24) is 5.32 Å². The number of aliphatic carboxylic acids is 1. The lowest BCUT2D eigenvalue weighted by Crippen LogP contribution is -2.43. The third-order valence-electron chi connectivity index (χ3n) is 5.42. The monoisotopic (exact) mass is 437 g/mol. The van der Waals surface area contributed by atoms with Gasteiger partial charge in [0.05, 0.1) is 5.02 Å². The van der Waals surface area contributed by atoms with Gasteiger partial charge in [0.2, 0.25) is 0 Å². The number of nitrogens with one attached hydrogen (secondary N) is 1. The average molecular weight is 438 g/mol. The molecule has 158 valence electrons. The van der Waals surface area contributed by atoms with E-state index in [-0.39, 0.29) is 29.7 Å². The van der Waals surface area contributed by atoms with Gasteiger partial charge in [-0.3, -0.25) is 0 Å². The van der Waals surface area contributed by atoms with Crippen molar-refractivity contribution in [3.05, 3.63) is 88.4 Å². The van der Waals surface area contributed by atoms with Gasteiger partial charge in [0, 0.05) is 12.3 Å². The summed E-state index contributed by atoms with van der Waals surface area (Å²) in [5.41, 5.74) is 4.76. The normalized spacial score (nSPS) is 13.2. The van der Waals surface area contributed by atoms with Crippen LogP contribution in [0.5, 0.6) is 5.75 Å². The molecule has 3 aromatic rings. The molecule has 1 aliphatic carbocycles. The van der Waals surface area contributed by atoms with Gasteiger partial charge in [0.1, 0.15) is 18.4 Å². The number of amides is 1. The molecule has 0 radical (unpaired) electrons. The van der Waals surface area contributed by atoms with Crippen molar-refractivity contribution in [2.75, 3.05) is 6.61 Å². The van der Waals surface area contributed by atoms with Crippen LogP contribution in [0, 0.1) is 0 Å². The van der Waals surface area contributed by atoms with Crippen molar-refractivity contribution in [3.63, 3.8) is 0 Å². The lowest BCUT2D eigenvalue weighted by Gasteiger charge is -2.18. The number of ether oxygens (including phenoxy) is 1. The van der Waals surface area contributed by atoms with Gasteiger partial charge >= 0.3 is 12.1 Å². The fourth-order valence-electron chi connectivity index (χ4n) is 3.93. The Bertz CT molecular complexity index is 1100. The summed E-state index contributed by atoms with van der Waals surface area (Å²) in [5.74, 6) is -1.50. The van der Waals surface area contributed by atoms with Gasteiger partial charge in [-0.15, -0.1) is 0 Å². The van der Waals surface area contributed by atoms with Crippen molar-refractivity contribution in [3.8, 4) is 16.9 Å². The van der Waals surface area contributed by atoms with E-state index < -0.39 is 18.1 Å². The highest BCUT2D eigenvalue weighted by Gasteiger charge is 2.30. The number of phenols is 1. The quantitative estimate of drug-likeness (QED) is 0.524. The molecular weight excluding hydrogens is 418 g/mol.